The summed E-state index contributed by atoms with van der Waals surface area (Å²) >= 11 is 6.18. The second-order valence-electron chi connectivity index (χ2n) is 10.0. The minimum Gasteiger partial charge on any atom is -0.469 e. The Morgan fingerprint density at radius 3 is 2.68 bits per heavy atom. The Morgan fingerprint density at radius 2 is 1.92 bits per heavy atom. The smallest absolute Gasteiger partial charge is 0.337 e. The molecule has 1 fully saturated rings. The van der Waals surface area contributed by atoms with Gasteiger partial charge in [0.25, 0.3) is 0 Å². The van der Waals surface area contributed by atoms with E-state index in [1.54, 1.807) is 37.5 Å². The molecule has 190 valence electrons. The van der Waals surface area contributed by atoms with Crippen LogP contribution in [0.25, 0.3) is 11.0 Å². The largest absolute Gasteiger partial charge is 0.469 e. The maximum Gasteiger partial charge on any atom is 0.337 e. The number of carbonyl (C=O) groups excluding carboxylic acids is 2. The number of ether oxygens (including phenoxy) is 1. The monoisotopic (exact) mass is 519 g/mol. The van der Waals surface area contributed by atoms with Crippen molar-refractivity contribution in [2.24, 2.45) is 0 Å². The highest BCUT2D eigenvalue weighted by Gasteiger charge is 2.43. The number of carbonyl (C=O) groups is 2. The summed E-state index contributed by atoms with van der Waals surface area (Å²) in [5.41, 5.74) is 2.18. The van der Waals surface area contributed by atoms with Crippen molar-refractivity contribution in [3.05, 3.63) is 92.0 Å². The first-order valence-corrected chi connectivity index (χ1v) is 13.0. The summed E-state index contributed by atoms with van der Waals surface area (Å²) in [6.07, 6.45) is 7.15. The first kappa shape index (κ1) is 23.8. The van der Waals surface area contributed by atoms with E-state index in [1.807, 2.05) is 6.07 Å². The lowest BCUT2D eigenvalue weighted by Gasteiger charge is -2.36. The van der Waals surface area contributed by atoms with Crippen LogP contribution in [0.3, 0.4) is 0 Å². The number of rotatable bonds is 4. The highest BCUT2D eigenvalue weighted by atomic mass is 35.5. The molecule has 0 amide bonds. The lowest BCUT2D eigenvalue weighted by atomic mass is 9.72. The van der Waals surface area contributed by atoms with Gasteiger partial charge in [-0.05, 0) is 69.4 Å². The van der Waals surface area contributed by atoms with Crippen molar-refractivity contribution < 1.29 is 23.2 Å². The predicted molar refractivity (Wildman–Crippen MR) is 137 cm³/mol. The van der Waals surface area contributed by atoms with Gasteiger partial charge in [0.2, 0.25) is 0 Å². The second kappa shape index (κ2) is 9.38. The van der Waals surface area contributed by atoms with Gasteiger partial charge in [0, 0.05) is 39.9 Å². The first-order chi connectivity index (χ1) is 17.9. The average Bonchev–Trinajstić information content (AvgIpc) is 3.58. The van der Waals surface area contributed by atoms with Crippen LogP contribution in [0.15, 0.2) is 79.0 Å². The highest BCUT2D eigenvalue weighted by Crippen LogP contribution is 2.45. The molecule has 6 rings (SSSR count). The van der Waals surface area contributed by atoms with Gasteiger partial charge < -0.3 is 18.9 Å². The molecule has 3 aromatic rings. The molecule has 0 bridgehead atoms. The SMILES string of the molecule is CC1=C(C(=O)OC2CCCC2)C(c2coc3ccc(Cl)cc3c2=O)C2=C(CC(c3ccco3)CC2=O)N1. The van der Waals surface area contributed by atoms with Crippen molar-refractivity contribution in [3.8, 4) is 0 Å². The van der Waals surface area contributed by atoms with Gasteiger partial charge in [-0.3, -0.25) is 9.59 Å². The highest BCUT2D eigenvalue weighted by molar-refractivity contribution is 6.31. The number of dihydropyridines is 1. The van der Waals surface area contributed by atoms with Crippen molar-refractivity contribution in [2.75, 3.05) is 0 Å². The molecule has 3 heterocycles. The number of ketones is 1. The van der Waals surface area contributed by atoms with Gasteiger partial charge in [-0.15, -0.1) is 0 Å². The molecular weight excluding hydrogens is 494 g/mol. The topological polar surface area (TPSA) is 98.8 Å². The number of fused-ring (bicyclic) bond motifs is 1. The molecule has 8 heteroatoms. The number of furan rings is 1. The fraction of sp³-hybridized carbons (Fsp3) is 0.345. The van der Waals surface area contributed by atoms with Gasteiger partial charge in [-0.1, -0.05) is 11.6 Å². The van der Waals surface area contributed by atoms with E-state index in [2.05, 4.69) is 5.32 Å². The van der Waals surface area contributed by atoms with Crippen LogP contribution in [0.4, 0.5) is 0 Å². The first-order valence-electron chi connectivity index (χ1n) is 12.6. The number of halogens is 1. The molecule has 0 radical (unpaired) electrons. The van der Waals surface area contributed by atoms with E-state index in [0.717, 1.165) is 31.4 Å². The van der Waals surface area contributed by atoms with Crippen LogP contribution in [-0.4, -0.2) is 17.9 Å². The van der Waals surface area contributed by atoms with Crippen LogP contribution in [-0.2, 0) is 14.3 Å². The van der Waals surface area contributed by atoms with Gasteiger partial charge in [0.15, 0.2) is 11.2 Å². The number of esters is 1. The van der Waals surface area contributed by atoms with Crippen molar-refractivity contribution in [1.29, 1.82) is 0 Å². The molecule has 7 nitrogen and oxygen atoms in total. The molecular formula is C29H26ClNO6. The molecule has 2 atom stereocenters. The number of hydrogen-bond donors (Lipinski definition) is 1. The minimum absolute atomic E-state index is 0.138. The van der Waals surface area contributed by atoms with Crippen molar-refractivity contribution >= 4 is 34.3 Å². The summed E-state index contributed by atoms with van der Waals surface area (Å²) in [6.45, 7) is 1.78. The van der Waals surface area contributed by atoms with E-state index in [-0.39, 0.29) is 40.8 Å². The Labute approximate surface area is 218 Å². The van der Waals surface area contributed by atoms with E-state index in [1.165, 1.54) is 6.26 Å². The fourth-order valence-corrected chi connectivity index (χ4v) is 6.06. The van der Waals surface area contributed by atoms with Gasteiger partial charge in [0.1, 0.15) is 17.4 Å². The maximum atomic E-state index is 13.8. The number of benzene rings is 1. The lowest BCUT2D eigenvalue weighted by Crippen LogP contribution is -2.38. The third-order valence-corrected chi connectivity index (χ3v) is 7.88. The third-order valence-electron chi connectivity index (χ3n) is 7.64. The molecule has 37 heavy (non-hydrogen) atoms. The van der Waals surface area contributed by atoms with Gasteiger partial charge in [-0.2, -0.15) is 0 Å². The Kier molecular flexibility index (Phi) is 6.03. The predicted octanol–water partition coefficient (Wildman–Crippen LogP) is 5.89. The Bertz CT molecular complexity index is 1520. The van der Waals surface area contributed by atoms with Crippen LogP contribution >= 0.6 is 11.6 Å². The minimum atomic E-state index is -0.908. The Morgan fingerprint density at radius 1 is 1.11 bits per heavy atom. The zero-order chi connectivity index (χ0) is 25.7. The van der Waals surface area contributed by atoms with Crippen molar-refractivity contribution in [2.45, 2.75) is 63.4 Å². The van der Waals surface area contributed by atoms with Gasteiger partial charge in [-0.25, -0.2) is 4.79 Å². The van der Waals surface area contributed by atoms with E-state index >= 15 is 0 Å². The molecule has 3 aliphatic rings. The van der Waals surface area contributed by atoms with Crippen LogP contribution in [0.2, 0.25) is 5.02 Å². The van der Waals surface area contributed by atoms with Crippen LogP contribution < -0.4 is 10.7 Å². The number of nitrogens with one attached hydrogen (secondary N) is 1. The Hall–Kier alpha value is -3.58. The van der Waals surface area contributed by atoms with E-state index < -0.39 is 11.9 Å². The van der Waals surface area contributed by atoms with E-state index in [4.69, 9.17) is 25.2 Å². The summed E-state index contributed by atoms with van der Waals surface area (Å²) in [5.74, 6) is -0.980. The molecule has 1 aliphatic heterocycles. The average molecular weight is 520 g/mol. The second-order valence-corrected chi connectivity index (χ2v) is 10.4. The lowest BCUT2D eigenvalue weighted by molar-refractivity contribution is -0.144. The molecule has 0 spiro atoms. The summed E-state index contributed by atoms with van der Waals surface area (Å²) in [6, 6.07) is 8.48. The van der Waals surface area contributed by atoms with Crippen LogP contribution in [0, 0.1) is 0 Å². The standard InChI is InChI=1S/C29H26ClNO6/c1-15-25(29(34)37-18-5-2-3-6-18)26(20-14-36-24-9-8-17(30)13-19(24)28(20)33)27-21(31-15)11-16(12-22(27)32)23-7-4-10-35-23/h4,7-10,13-14,16,18,26,31H,2-3,5-6,11-12H2,1H3. The summed E-state index contributed by atoms with van der Waals surface area (Å²) < 4.78 is 17.3. The molecule has 1 N–H and O–H groups in total. The molecule has 2 aliphatic carbocycles. The summed E-state index contributed by atoms with van der Waals surface area (Å²) in [4.78, 5) is 41.1. The molecule has 1 saturated carbocycles. The molecule has 2 aromatic heterocycles. The zero-order valence-corrected chi connectivity index (χ0v) is 21.1. The number of allylic oxidation sites excluding steroid dienone is 3. The zero-order valence-electron chi connectivity index (χ0n) is 20.3. The van der Waals surface area contributed by atoms with Crippen molar-refractivity contribution in [1.82, 2.24) is 5.32 Å². The Balaban J connectivity index is 1.49. The van der Waals surface area contributed by atoms with E-state index in [0.29, 0.717) is 39.4 Å². The van der Waals surface area contributed by atoms with Crippen LogP contribution in [0.5, 0.6) is 0 Å². The fourth-order valence-electron chi connectivity index (χ4n) is 5.88. The summed E-state index contributed by atoms with van der Waals surface area (Å²) in [7, 11) is 0. The maximum absolute atomic E-state index is 13.8. The van der Waals surface area contributed by atoms with Crippen molar-refractivity contribution in [3.63, 3.8) is 0 Å². The molecule has 1 aromatic carbocycles. The van der Waals surface area contributed by atoms with Crippen LogP contribution in [0.1, 0.15) is 68.6 Å². The summed E-state index contributed by atoms with van der Waals surface area (Å²) in [5, 5.41) is 3.99. The normalized spacial score (nSPS) is 22.4. The van der Waals surface area contributed by atoms with Gasteiger partial charge >= 0.3 is 5.97 Å². The van der Waals surface area contributed by atoms with Gasteiger partial charge in [0.05, 0.1) is 29.4 Å². The molecule has 0 saturated heterocycles. The number of Topliss-reactive ketones (excluding diaryl/α,β-unsaturated/α-hetero) is 1. The number of hydrogen-bond acceptors (Lipinski definition) is 7. The quantitative estimate of drug-likeness (QED) is 0.429. The molecule has 2 unspecified atom stereocenters. The third kappa shape index (κ3) is 4.21. The van der Waals surface area contributed by atoms with E-state index in [9.17, 15) is 14.4 Å².